The second kappa shape index (κ2) is 5.98. The minimum Gasteiger partial charge on any atom is -0.393 e. The van der Waals surface area contributed by atoms with Crippen LogP contribution in [0.5, 0.6) is 0 Å². The topological polar surface area (TPSA) is 115 Å². The van der Waals surface area contributed by atoms with Gasteiger partial charge in [0.1, 0.15) is 5.69 Å². The molecule has 0 aromatic heterocycles. The molecule has 0 spiro atoms. The molecule has 7 nitrogen and oxygen atoms in total. The fourth-order valence-electron chi connectivity index (χ4n) is 1.43. The van der Waals surface area contributed by atoms with Gasteiger partial charge >= 0.3 is 0 Å². The fraction of sp³-hybridized carbons (Fsp3) is 0.455. The number of nitrogens with two attached hydrogens (primary N) is 1. The molecule has 0 aliphatic carbocycles. The molecule has 0 heterocycles. The summed E-state index contributed by atoms with van der Waals surface area (Å²) in [4.78, 5) is 9.87. The number of sulfonamides is 1. The maximum absolute atomic E-state index is 11.9. The van der Waals surface area contributed by atoms with Gasteiger partial charge in [0.15, 0.2) is 0 Å². The summed E-state index contributed by atoms with van der Waals surface area (Å²) in [7, 11) is -3.67. The summed E-state index contributed by atoms with van der Waals surface area (Å²) in [6, 6.07) is 3.36. The molecule has 8 heteroatoms. The van der Waals surface area contributed by atoms with Gasteiger partial charge in [-0.2, -0.15) is 0 Å². The van der Waals surface area contributed by atoms with Gasteiger partial charge in [-0.25, -0.2) is 13.1 Å². The van der Waals surface area contributed by atoms with Crippen LogP contribution in [-0.2, 0) is 10.0 Å². The lowest BCUT2D eigenvalue weighted by atomic mass is 10.1. The quantitative estimate of drug-likeness (QED) is 0.467. The number of benzene rings is 1. The highest BCUT2D eigenvalue weighted by Crippen LogP contribution is 2.24. The molecule has 0 saturated heterocycles. The Kier molecular flexibility index (Phi) is 4.84. The lowest BCUT2D eigenvalue weighted by molar-refractivity contribution is -0.383. The van der Waals surface area contributed by atoms with Crippen molar-refractivity contribution in [3.05, 3.63) is 28.3 Å². The zero-order valence-electron chi connectivity index (χ0n) is 10.8. The fourth-order valence-corrected chi connectivity index (χ4v) is 2.51. The van der Waals surface area contributed by atoms with E-state index >= 15 is 0 Å². The Hall–Kier alpha value is -1.67. The Bertz CT molecular complexity index is 569. The normalized spacial score (nSPS) is 11.7. The third-order valence-electron chi connectivity index (χ3n) is 2.52. The molecule has 1 rings (SSSR count). The first-order valence-corrected chi connectivity index (χ1v) is 7.26. The standard InChI is InChI=1S/C11H17N3O4S/c1-8(2)5-6-13-19(17,18)9-3-4-11(14(15)16)10(12)7-9/h3-4,7-8,13H,5-6,12H2,1-2H3. The molecule has 19 heavy (non-hydrogen) atoms. The second-order valence-electron chi connectivity index (χ2n) is 4.56. The number of hydrogen-bond acceptors (Lipinski definition) is 5. The third kappa shape index (κ3) is 4.18. The van der Waals surface area contributed by atoms with Gasteiger partial charge in [-0.3, -0.25) is 10.1 Å². The number of nitro groups is 1. The van der Waals surface area contributed by atoms with Gasteiger partial charge in [0, 0.05) is 12.6 Å². The van der Waals surface area contributed by atoms with Crippen LogP contribution in [0.25, 0.3) is 0 Å². The first kappa shape index (κ1) is 15.4. The highest BCUT2D eigenvalue weighted by molar-refractivity contribution is 7.89. The number of nitrogen functional groups attached to an aromatic ring is 1. The van der Waals surface area contributed by atoms with E-state index in [0.29, 0.717) is 18.9 Å². The molecule has 0 saturated carbocycles. The van der Waals surface area contributed by atoms with E-state index in [0.717, 1.165) is 12.1 Å². The monoisotopic (exact) mass is 287 g/mol. The van der Waals surface area contributed by atoms with Crippen molar-refractivity contribution < 1.29 is 13.3 Å². The van der Waals surface area contributed by atoms with Crippen LogP contribution in [0.1, 0.15) is 20.3 Å². The van der Waals surface area contributed by atoms with Crippen molar-refractivity contribution in [1.29, 1.82) is 0 Å². The van der Waals surface area contributed by atoms with E-state index < -0.39 is 14.9 Å². The number of nitrogens with one attached hydrogen (secondary N) is 1. The molecule has 3 N–H and O–H groups in total. The molecule has 0 bridgehead atoms. The molecule has 0 atom stereocenters. The van der Waals surface area contributed by atoms with E-state index in [1.54, 1.807) is 0 Å². The molecular formula is C11H17N3O4S. The summed E-state index contributed by atoms with van der Waals surface area (Å²) in [6.45, 7) is 4.28. The molecule has 1 aromatic carbocycles. The van der Waals surface area contributed by atoms with Crippen molar-refractivity contribution >= 4 is 21.4 Å². The van der Waals surface area contributed by atoms with E-state index in [1.807, 2.05) is 13.8 Å². The van der Waals surface area contributed by atoms with Crippen molar-refractivity contribution in [2.75, 3.05) is 12.3 Å². The summed E-state index contributed by atoms with van der Waals surface area (Å²) < 4.78 is 26.3. The summed E-state index contributed by atoms with van der Waals surface area (Å²) >= 11 is 0. The summed E-state index contributed by atoms with van der Waals surface area (Å²) in [6.07, 6.45) is 0.710. The van der Waals surface area contributed by atoms with Gasteiger partial charge in [0.25, 0.3) is 5.69 Å². The van der Waals surface area contributed by atoms with Crippen LogP contribution in [0.2, 0.25) is 0 Å². The van der Waals surface area contributed by atoms with Gasteiger partial charge in [-0.05, 0) is 24.5 Å². The molecule has 0 aliphatic heterocycles. The predicted octanol–water partition coefficient (Wildman–Crippen LogP) is 1.50. The van der Waals surface area contributed by atoms with Crippen LogP contribution < -0.4 is 10.5 Å². The molecule has 0 radical (unpaired) electrons. The van der Waals surface area contributed by atoms with Crippen LogP contribution in [0, 0.1) is 16.0 Å². The van der Waals surface area contributed by atoms with Gasteiger partial charge in [0.2, 0.25) is 10.0 Å². The van der Waals surface area contributed by atoms with Gasteiger partial charge in [-0.15, -0.1) is 0 Å². The summed E-state index contributed by atoms with van der Waals surface area (Å²) in [5, 5.41) is 10.6. The van der Waals surface area contributed by atoms with Crippen LogP contribution in [0.4, 0.5) is 11.4 Å². The molecular weight excluding hydrogens is 270 g/mol. The smallest absolute Gasteiger partial charge is 0.292 e. The maximum Gasteiger partial charge on any atom is 0.292 e. The van der Waals surface area contributed by atoms with E-state index in [1.165, 1.54) is 6.07 Å². The highest BCUT2D eigenvalue weighted by atomic mass is 32.2. The molecule has 106 valence electrons. The number of anilines is 1. The zero-order chi connectivity index (χ0) is 14.6. The number of nitro benzene ring substituents is 1. The van der Waals surface area contributed by atoms with Crippen molar-refractivity contribution in [2.45, 2.75) is 25.2 Å². The molecule has 0 fully saturated rings. The maximum atomic E-state index is 11.9. The Morgan fingerprint density at radius 3 is 2.53 bits per heavy atom. The van der Waals surface area contributed by atoms with E-state index in [2.05, 4.69) is 4.72 Å². The number of hydrogen-bond donors (Lipinski definition) is 2. The van der Waals surface area contributed by atoms with E-state index in [4.69, 9.17) is 5.73 Å². The largest absolute Gasteiger partial charge is 0.393 e. The highest BCUT2D eigenvalue weighted by Gasteiger charge is 2.18. The van der Waals surface area contributed by atoms with E-state index in [9.17, 15) is 18.5 Å². The Labute approximate surface area is 112 Å². The molecule has 0 unspecified atom stereocenters. The molecule has 0 aliphatic rings. The average molecular weight is 287 g/mol. The van der Waals surface area contributed by atoms with Crippen LogP contribution in [-0.4, -0.2) is 19.9 Å². The zero-order valence-corrected chi connectivity index (χ0v) is 11.6. The first-order valence-electron chi connectivity index (χ1n) is 5.77. The minimum absolute atomic E-state index is 0.0700. The summed E-state index contributed by atoms with van der Waals surface area (Å²) in [5.41, 5.74) is 4.99. The van der Waals surface area contributed by atoms with Gasteiger partial charge < -0.3 is 5.73 Å². The lowest BCUT2D eigenvalue weighted by Gasteiger charge is -2.08. The third-order valence-corrected chi connectivity index (χ3v) is 3.98. The molecule has 0 amide bonds. The predicted molar refractivity (Wildman–Crippen MR) is 72.2 cm³/mol. The Morgan fingerprint density at radius 2 is 2.05 bits per heavy atom. The lowest BCUT2D eigenvalue weighted by Crippen LogP contribution is -2.25. The number of nitrogens with zero attached hydrogens (tertiary/aromatic N) is 1. The van der Waals surface area contributed by atoms with Crippen molar-refractivity contribution in [2.24, 2.45) is 5.92 Å². The average Bonchev–Trinajstić information content (AvgIpc) is 2.27. The van der Waals surface area contributed by atoms with Crippen molar-refractivity contribution in [3.63, 3.8) is 0 Å². The molecule has 1 aromatic rings. The van der Waals surface area contributed by atoms with Crippen LogP contribution in [0.15, 0.2) is 23.1 Å². The van der Waals surface area contributed by atoms with Crippen molar-refractivity contribution in [3.8, 4) is 0 Å². The van der Waals surface area contributed by atoms with Gasteiger partial charge in [-0.1, -0.05) is 13.8 Å². The first-order chi connectivity index (χ1) is 8.74. The van der Waals surface area contributed by atoms with Crippen LogP contribution >= 0.6 is 0 Å². The Balaban J connectivity index is 2.90. The second-order valence-corrected chi connectivity index (χ2v) is 6.32. The van der Waals surface area contributed by atoms with Crippen molar-refractivity contribution in [1.82, 2.24) is 4.72 Å². The van der Waals surface area contributed by atoms with Crippen LogP contribution in [0.3, 0.4) is 0 Å². The van der Waals surface area contributed by atoms with Gasteiger partial charge in [0.05, 0.1) is 9.82 Å². The van der Waals surface area contributed by atoms with E-state index in [-0.39, 0.29) is 16.3 Å². The summed E-state index contributed by atoms with van der Waals surface area (Å²) in [5.74, 6) is 0.379. The SMILES string of the molecule is CC(C)CCNS(=O)(=O)c1ccc([N+](=O)[O-])c(N)c1. The Morgan fingerprint density at radius 1 is 1.42 bits per heavy atom. The minimum atomic E-state index is -3.67. The number of rotatable bonds is 6.